The first-order valence-corrected chi connectivity index (χ1v) is 5.30. The molecule has 0 aromatic carbocycles. The third kappa shape index (κ3) is 2.37. The highest BCUT2D eigenvalue weighted by Crippen LogP contribution is 2.29. The molecule has 76 valence electrons. The van der Waals surface area contributed by atoms with Crippen molar-refractivity contribution in [3.8, 4) is 0 Å². The summed E-state index contributed by atoms with van der Waals surface area (Å²) in [4.78, 5) is 4.18. The zero-order chi connectivity index (χ0) is 9.80. The summed E-state index contributed by atoms with van der Waals surface area (Å²) in [5.74, 6) is 1.88. The maximum atomic E-state index is 5.54. The van der Waals surface area contributed by atoms with Gasteiger partial charge in [0.15, 0.2) is 0 Å². The lowest BCUT2D eigenvalue weighted by Gasteiger charge is -2.25. The second-order valence-electron chi connectivity index (χ2n) is 3.99. The van der Waals surface area contributed by atoms with Crippen LogP contribution in [0.2, 0.25) is 0 Å². The van der Waals surface area contributed by atoms with Gasteiger partial charge in [0, 0.05) is 6.54 Å². The van der Waals surface area contributed by atoms with Crippen molar-refractivity contribution >= 4 is 11.5 Å². The lowest BCUT2D eigenvalue weighted by Crippen LogP contribution is -2.15. The largest absolute Gasteiger partial charge is 0.397 e. The Bertz CT molecular complexity index is 277. The van der Waals surface area contributed by atoms with Crippen LogP contribution in [0.5, 0.6) is 0 Å². The maximum absolute atomic E-state index is 5.54. The van der Waals surface area contributed by atoms with Crippen molar-refractivity contribution in [3.63, 3.8) is 0 Å². The zero-order valence-electron chi connectivity index (χ0n) is 8.37. The van der Waals surface area contributed by atoms with Crippen molar-refractivity contribution in [1.82, 2.24) is 4.98 Å². The van der Waals surface area contributed by atoms with Gasteiger partial charge in [0.25, 0.3) is 0 Å². The summed E-state index contributed by atoms with van der Waals surface area (Å²) in [7, 11) is 0. The van der Waals surface area contributed by atoms with Gasteiger partial charge in [-0.15, -0.1) is 0 Å². The number of hydrogen-bond acceptors (Lipinski definition) is 3. The smallest absolute Gasteiger partial charge is 0.126 e. The van der Waals surface area contributed by atoms with E-state index in [2.05, 4.69) is 10.3 Å². The highest BCUT2D eigenvalue weighted by Gasteiger charge is 2.16. The number of anilines is 2. The Labute approximate surface area is 84.7 Å². The summed E-state index contributed by atoms with van der Waals surface area (Å²) >= 11 is 0. The van der Waals surface area contributed by atoms with Gasteiger partial charge >= 0.3 is 0 Å². The number of nitrogens with zero attached hydrogens (tertiary/aromatic N) is 1. The lowest BCUT2D eigenvalue weighted by atomic mass is 9.83. The SMILES string of the molecule is Nc1ccc(NCCC2CCC2)nc1. The van der Waals surface area contributed by atoms with E-state index >= 15 is 0 Å². The minimum Gasteiger partial charge on any atom is -0.397 e. The molecule has 0 aliphatic heterocycles. The van der Waals surface area contributed by atoms with Crippen molar-refractivity contribution in [1.29, 1.82) is 0 Å². The molecule has 2 rings (SSSR count). The maximum Gasteiger partial charge on any atom is 0.126 e. The average molecular weight is 191 g/mol. The van der Waals surface area contributed by atoms with Crippen molar-refractivity contribution in [2.24, 2.45) is 5.92 Å². The average Bonchev–Trinajstić information content (AvgIpc) is 2.12. The van der Waals surface area contributed by atoms with Crippen LogP contribution in [0, 0.1) is 5.92 Å². The van der Waals surface area contributed by atoms with E-state index < -0.39 is 0 Å². The molecule has 0 saturated heterocycles. The molecule has 3 heteroatoms. The number of nitrogen functional groups attached to an aromatic ring is 1. The van der Waals surface area contributed by atoms with Crippen LogP contribution in [-0.2, 0) is 0 Å². The first kappa shape index (κ1) is 9.31. The van der Waals surface area contributed by atoms with Crippen LogP contribution in [0.3, 0.4) is 0 Å². The van der Waals surface area contributed by atoms with E-state index in [0.29, 0.717) is 0 Å². The van der Waals surface area contributed by atoms with Gasteiger partial charge in [0.05, 0.1) is 11.9 Å². The number of pyridine rings is 1. The number of rotatable bonds is 4. The van der Waals surface area contributed by atoms with Crippen molar-refractivity contribution < 1.29 is 0 Å². The Morgan fingerprint density at radius 1 is 1.43 bits per heavy atom. The molecule has 0 atom stereocenters. The molecule has 1 heterocycles. The summed E-state index contributed by atoms with van der Waals surface area (Å²) < 4.78 is 0. The Morgan fingerprint density at radius 3 is 2.86 bits per heavy atom. The molecule has 3 nitrogen and oxygen atoms in total. The van der Waals surface area contributed by atoms with Gasteiger partial charge in [-0.3, -0.25) is 0 Å². The predicted octanol–water partition coefficient (Wildman–Crippen LogP) is 2.27. The second-order valence-corrected chi connectivity index (χ2v) is 3.99. The van der Waals surface area contributed by atoms with E-state index in [9.17, 15) is 0 Å². The molecule has 0 spiro atoms. The van der Waals surface area contributed by atoms with E-state index in [4.69, 9.17) is 5.73 Å². The fraction of sp³-hybridized carbons (Fsp3) is 0.545. The van der Waals surface area contributed by atoms with Crippen LogP contribution >= 0.6 is 0 Å². The first-order chi connectivity index (χ1) is 6.84. The third-order valence-electron chi connectivity index (χ3n) is 2.87. The van der Waals surface area contributed by atoms with Crippen LogP contribution in [0.4, 0.5) is 11.5 Å². The molecule has 1 saturated carbocycles. The molecule has 1 fully saturated rings. The van der Waals surface area contributed by atoms with Crippen molar-refractivity contribution in [2.45, 2.75) is 25.7 Å². The molecule has 3 N–H and O–H groups in total. The molecule has 0 bridgehead atoms. The molecule has 0 amide bonds. The third-order valence-corrected chi connectivity index (χ3v) is 2.87. The number of hydrogen-bond donors (Lipinski definition) is 2. The van der Waals surface area contributed by atoms with Crippen molar-refractivity contribution in [2.75, 3.05) is 17.6 Å². The van der Waals surface area contributed by atoms with E-state index in [1.807, 2.05) is 12.1 Å². The predicted molar refractivity (Wildman–Crippen MR) is 59.1 cm³/mol. The topological polar surface area (TPSA) is 50.9 Å². The van der Waals surface area contributed by atoms with Gasteiger partial charge in [0.1, 0.15) is 5.82 Å². The molecule has 1 aliphatic carbocycles. The number of aromatic nitrogens is 1. The summed E-state index contributed by atoms with van der Waals surface area (Å²) in [5, 5.41) is 3.30. The number of nitrogens with two attached hydrogens (primary N) is 1. The quantitative estimate of drug-likeness (QED) is 0.767. The molecule has 1 aromatic heterocycles. The Kier molecular flexibility index (Phi) is 2.87. The van der Waals surface area contributed by atoms with Gasteiger partial charge in [0.2, 0.25) is 0 Å². The lowest BCUT2D eigenvalue weighted by molar-refractivity contribution is 0.303. The van der Waals surface area contributed by atoms with Crippen LogP contribution in [-0.4, -0.2) is 11.5 Å². The second kappa shape index (κ2) is 4.31. The van der Waals surface area contributed by atoms with Crippen LogP contribution < -0.4 is 11.1 Å². The Morgan fingerprint density at radius 2 is 2.29 bits per heavy atom. The zero-order valence-corrected chi connectivity index (χ0v) is 8.37. The van der Waals surface area contributed by atoms with E-state index in [1.54, 1.807) is 6.20 Å². The molecule has 1 aromatic rings. The fourth-order valence-electron chi connectivity index (χ4n) is 1.70. The summed E-state index contributed by atoms with van der Waals surface area (Å²) in [5.41, 5.74) is 6.26. The van der Waals surface area contributed by atoms with Gasteiger partial charge in [-0.2, -0.15) is 0 Å². The van der Waals surface area contributed by atoms with E-state index in [1.165, 1.54) is 25.7 Å². The van der Waals surface area contributed by atoms with Gasteiger partial charge in [-0.1, -0.05) is 19.3 Å². The van der Waals surface area contributed by atoms with Crippen LogP contribution in [0.15, 0.2) is 18.3 Å². The monoisotopic (exact) mass is 191 g/mol. The van der Waals surface area contributed by atoms with Gasteiger partial charge in [-0.25, -0.2) is 4.98 Å². The summed E-state index contributed by atoms with van der Waals surface area (Å²) in [6, 6.07) is 3.80. The van der Waals surface area contributed by atoms with Crippen LogP contribution in [0.1, 0.15) is 25.7 Å². The van der Waals surface area contributed by atoms with E-state index in [0.717, 1.165) is 24.0 Å². The van der Waals surface area contributed by atoms with Crippen LogP contribution in [0.25, 0.3) is 0 Å². The van der Waals surface area contributed by atoms with Crippen molar-refractivity contribution in [3.05, 3.63) is 18.3 Å². The molecular formula is C11H17N3. The fourth-order valence-corrected chi connectivity index (χ4v) is 1.70. The van der Waals surface area contributed by atoms with Gasteiger partial charge in [-0.05, 0) is 24.5 Å². The Hall–Kier alpha value is -1.25. The molecule has 1 aliphatic rings. The molecule has 0 unspecified atom stereocenters. The van der Waals surface area contributed by atoms with Gasteiger partial charge < -0.3 is 11.1 Å². The normalized spacial score (nSPS) is 16.3. The summed E-state index contributed by atoms with van der Waals surface area (Å²) in [6.45, 7) is 1.03. The standard InChI is InChI=1S/C11H17N3/c12-10-4-5-11(14-8-10)13-7-6-9-2-1-3-9/h4-5,8-9H,1-3,6-7,12H2,(H,13,14). The highest BCUT2D eigenvalue weighted by atomic mass is 15.0. The number of nitrogens with one attached hydrogen (secondary N) is 1. The molecule has 14 heavy (non-hydrogen) atoms. The summed E-state index contributed by atoms with van der Waals surface area (Å²) in [6.07, 6.45) is 7.20. The Balaban J connectivity index is 1.71. The highest BCUT2D eigenvalue weighted by molar-refractivity contribution is 5.43. The minimum absolute atomic E-state index is 0.717. The minimum atomic E-state index is 0.717. The molecular weight excluding hydrogens is 174 g/mol. The molecule has 0 radical (unpaired) electrons. The van der Waals surface area contributed by atoms with E-state index in [-0.39, 0.29) is 0 Å². The first-order valence-electron chi connectivity index (χ1n) is 5.30.